The minimum absolute atomic E-state index is 0.522. The Balaban J connectivity index is 2.45. The standard InChI is InChI=1S/C15H17N3/c1-9(2)12-6-14-13(5-10(12)3)16-7-15-11(4)17-8-18(14)15/h5-9H,1-4H3. The molecule has 0 atom stereocenters. The van der Waals surface area contributed by atoms with Crippen molar-refractivity contribution in [3.05, 3.63) is 41.5 Å². The van der Waals surface area contributed by atoms with Gasteiger partial charge in [-0.05, 0) is 43.0 Å². The fraction of sp³-hybridized carbons (Fsp3) is 0.333. The van der Waals surface area contributed by atoms with Gasteiger partial charge in [-0.3, -0.25) is 9.38 Å². The molecule has 3 nitrogen and oxygen atoms in total. The van der Waals surface area contributed by atoms with Gasteiger partial charge in [0.15, 0.2) is 0 Å². The van der Waals surface area contributed by atoms with Crippen molar-refractivity contribution in [3.8, 4) is 0 Å². The Hall–Kier alpha value is -1.90. The molecule has 0 aliphatic heterocycles. The molecule has 0 aliphatic carbocycles. The quantitative estimate of drug-likeness (QED) is 0.649. The second-order valence-corrected chi connectivity index (χ2v) is 5.20. The van der Waals surface area contributed by atoms with E-state index in [0.29, 0.717) is 5.92 Å². The number of aryl methyl sites for hydroxylation is 2. The van der Waals surface area contributed by atoms with Crippen LogP contribution in [0.25, 0.3) is 16.6 Å². The number of fused-ring (bicyclic) bond motifs is 3. The molecule has 2 heterocycles. The summed E-state index contributed by atoms with van der Waals surface area (Å²) in [4.78, 5) is 8.91. The second-order valence-electron chi connectivity index (χ2n) is 5.20. The van der Waals surface area contributed by atoms with E-state index in [0.717, 1.165) is 22.2 Å². The van der Waals surface area contributed by atoms with E-state index in [2.05, 4.69) is 47.3 Å². The maximum atomic E-state index is 4.54. The van der Waals surface area contributed by atoms with Crippen LogP contribution in [0.15, 0.2) is 24.7 Å². The van der Waals surface area contributed by atoms with Crippen molar-refractivity contribution in [2.24, 2.45) is 0 Å². The van der Waals surface area contributed by atoms with Crippen molar-refractivity contribution in [1.82, 2.24) is 14.4 Å². The summed E-state index contributed by atoms with van der Waals surface area (Å²) in [6, 6.07) is 4.41. The Labute approximate surface area is 106 Å². The highest BCUT2D eigenvalue weighted by Crippen LogP contribution is 2.25. The average Bonchev–Trinajstić information content (AvgIpc) is 2.70. The Morgan fingerprint density at radius 3 is 2.56 bits per heavy atom. The lowest BCUT2D eigenvalue weighted by atomic mass is 9.97. The summed E-state index contributed by atoms with van der Waals surface area (Å²) in [6.45, 7) is 8.61. The van der Waals surface area contributed by atoms with Crippen molar-refractivity contribution in [3.63, 3.8) is 0 Å². The van der Waals surface area contributed by atoms with Crippen molar-refractivity contribution in [2.75, 3.05) is 0 Å². The third-order valence-corrected chi connectivity index (χ3v) is 3.57. The molecular formula is C15H17N3. The van der Waals surface area contributed by atoms with E-state index in [1.807, 2.05) is 19.4 Å². The van der Waals surface area contributed by atoms with Gasteiger partial charge >= 0.3 is 0 Å². The molecule has 0 bridgehead atoms. The van der Waals surface area contributed by atoms with Crippen molar-refractivity contribution in [1.29, 1.82) is 0 Å². The smallest absolute Gasteiger partial charge is 0.100 e. The maximum Gasteiger partial charge on any atom is 0.100 e. The monoisotopic (exact) mass is 239 g/mol. The summed E-state index contributed by atoms with van der Waals surface area (Å²) in [5.41, 5.74) is 6.96. The fourth-order valence-corrected chi connectivity index (χ4v) is 2.54. The predicted octanol–water partition coefficient (Wildman–Crippen LogP) is 3.62. The molecule has 1 aromatic carbocycles. The highest BCUT2D eigenvalue weighted by Gasteiger charge is 2.09. The maximum absolute atomic E-state index is 4.54. The highest BCUT2D eigenvalue weighted by molar-refractivity contribution is 5.80. The van der Waals surface area contributed by atoms with Gasteiger partial charge in [0, 0.05) is 0 Å². The first-order valence-electron chi connectivity index (χ1n) is 6.31. The lowest BCUT2D eigenvalue weighted by Gasteiger charge is -2.12. The van der Waals surface area contributed by atoms with Crippen LogP contribution < -0.4 is 0 Å². The normalized spacial score (nSPS) is 11.8. The molecule has 0 spiro atoms. The van der Waals surface area contributed by atoms with Gasteiger partial charge in [-0.2, -0.15) is 0 Å². The Bertz CT molecular complexity index is 738. The lowest BCUT2D eigenvalue weighted by molar-refractivity contribution is 0.857. The number of imidazole rings is 1. The van der Waals surface area contributed by atoms with Crippen LogP contribution in [0.3, 0.4) is 0 Å². The summed E-state index contributed by atoms with van der Waals surface area (Å²) >= 11 is 0. The van der Waals surface area contributed by atoms with E-state index in [4.69, 9.17) is 0 Å². The second kappa shape index (κ2) is 3.80. The molecule has 0 N–H and O–H groups in total. The Morgan fingerprint density at radius 1 is 1.06 bits per heavy atom. The largest absolute Gasteiger partial charge is 0.295 e. The molecule has 3 rings (SSSR count). The molecule has 0 unspecified atom stereocenters. The van der Waals surface area contributed by atoms with E-state index >= 15 is 0 Å². The number of hydrogen-bond acceptors (Lipinski definition) is 2. The molecule has 3 aromatic rings. The average molecular weight is 239 g/mol. The van der Waals surface area contributed by atoms with Crippen LogP contribution in [-0.2, 0) is 0 Å². The molecule has 0 amide bonds. The van der Waals surface area contributed by atoms with Gasteiger partial charge in [-0.1, -0.05) is 13.8 Å². The van der Waals surface area contributed by atoms with E-state index in [9.17, 15) is 0 Å². The minimum atomic E-state index is 0.522. The van der Waals surface area contributed by atoms with Crippen LogP contribution in [0, 0.1) is 13.8 Å². The third-order valence-electron chi connectivity index (χ3n) is 3.57. The Morgan fingerprint density at radius 2 is 1.83 bits per heavy atom. The molecule has 2 aromatic heterocycles. The van der Waals surface area contributed by atoms with Crippen LogP contribution in [-0.4, -0.2) is 14.4 Å². The molecule has 92 valence electrons. The molecule has 0 aliphatic rings. The molecule has 0 radical (unpaired) electrons. The number of benzene rings is 1. The first kappa shape index (κ1) is 11.2. The summed E-state index contributed by atoms with van der Waals surface area (Å²) in [5, 5.41) is 0. The first-order chi connectivity index (χ1) is 8.58. The van der Waals surface area contributed by atoms with E-state index in [1.165, 1.54) is 11.1 Å². The van der Waals surface area contributed by atoms with Gasteiger partial charge in [0.25, 0.3) is 0 Å². The minimum Gasteiger partial charge on any atom is -0.295 e. The van der Waals surface area contributed by atoms with Gasteiger partial charge in [0.1, 0.15) is 6.33 Å². The van der Waals surface area contributed by atoms with Gasteiger partial charge in [0.2, 0.25) is 0 Å². The fourth-order valence-electron chi connectivity index (χ4n) is 2.54. The van der Waals surface area contributed by atoms with E-state index in [-0.39, 0.29) is 0 Å². The summed E-state index contributed by atoms with van der Waals surface area (Å²) in [6.07, 6.45) is 3.78. The number of nitrogens with zero attached hydrogens (tertiary/aromatic N) is 3. The molecule has 0 fully saturated rings. The molecule has 18 heavy (non-hydrogen) atoms. The van der Waals surface area contributed by atoms with Crippen molar-refractivity contribution < 1.29 is 0 Å². The van der Waals surface area contributed by atoms with Gasteiger partial charge < -0.3 is 0 Å². The summed E-state index contributed by atoms with van der Waals surface area (Å²) in [5.74, 6) is 0.522. The summed E-state index contributed by atoms with van der Waals surface area (Å²) < 4.78 is 2.13. The molecule has 3 heteroatoms. The van der Waals surface area contributed by atoms with Crippen LogP contribution in [0.4, 0.5) is 0 Å². The number of hydrogen-bond donors (Lipinski definition) is 0. The lowest BCUT2D eigenvalue weighted by Crippen LogP contribution is -1.96. The predicted molar refractivity (Wildman–Crippen MR) is 74.1 cm³/mol. The van der Waals surface area contributed by atoms with Crippen molar-refractivity contribution in [2.45, 2.75) is 33.6 Å². The molecule has 0 saturated heterocycles. The van der Waals surface area contributed by atoms with Gasteiger partial charge in [-0.25, -0.2) is 4.98 Å². The molecular weight excluding hydrogens is 222 g/mol. The van der Waals surface area contributed by atoms with Crippen LogP contribution in [0.2, 0.25) is 0 Å². The van der Waals surface area contributed by atoms with Gasteiger partial charge in [0.05, 0.1) is 28.4 Å². The van der Waals surface area contributed by atoms with E-state index in [1.54, 1.807) is 0 Å². The van der Waals surface area contributed by atoms with Gasteiger partial charge in [-0.15, -0.1) is 0 Å². The highest BCUT2D eigenvalue weighted by atomic mass is 15.0. The number of rotatable bonds is 1. The zero-order valence-electron chi connectivity index (χ0n) is 11.2. The van der Waals surface area contributed by atoms with Crippen molar-refractivity contribution >= 4 is 16.6 Å². The summed E-state index contributed by atoms with van der Waals surface area (Å²) in [7, 11) is 0. The third kappa shape index (κ3) is 1.50. The topological polar surface area (TPSA) is 30.2 Å². The van der Waals surface area contributed by atoms with Crippen LogP contribution >= 0.6 is 0 Å². The van der Waals surface area contributed by atoms with Crippen LogP contribution in [0.1, 0.15) is 36.6 Å². The van der Waals surface area contributed by atoms with Crippen LogP contribution in [0.5, 0.6) is 0 Å². The van der Waals surface area contributed by atoms with E-state index < -0.39 is 0 Å². The molecule has 0 saturated carbocycles. The Kier molecular flexibility index (Phi) is 2.37. The SMILES string of the molecule is Cc1cc2ncc3c(C)ncn3c2cc1C(C)C. The zero-order chi connectivity index (χ0) is 12.9. The zero-order valence-corrected chi connectivity index (χ0v) is 11.2. The number of aromatic nitrogens is 3. The first-order valence-corrected chi connectivity index (χ1v) is 6.31.